The molecule has 1 rings (SSSR count). The minimum atomic E-state index is 0.131. The molecule has 0 fully saturated rings. The summed E-state index contributed by atoms with van der Waals surface area (Å²) in [5.74, 6) is 0. The lowest BCUT2D eigenvalue weighted by molar-refractivity contribution is 0.332. The van der Waals surface area contributed by atoms with Crippen molar-refractivity contribution in [2.75, 3.05) is 6.61 Å². The summed E-state index contributed by atoms with van der Waals surface area (Å²) in [5, 5.41) is 8.96. The van der Waals surface area contributed by atoms with Crippen LogP contribution in [-0.2, 0) is 0 Å². The van der Waals surface area contributed by atoms with Gasteiger partial charge in [0, 0.05) is 0 Å². The fourth-order valence-corrected chi connectivity index (χ4v) is 1.53. The lowest BCUT2D eigenvalue weighted by Gasteiger charge is -2.07. The Labute approximate surface area is 86.1 Å². The molecule has 0 unspecified atom stereocenters. The molecule has 0 amide bonds. The highest BCUT2D eigenvalue weighted by molar-refractivity contribution is 5.59. The number of rotatable bonds is 2. The second-order valence-corrected chi connectivity index (χ2v) is 3.94. The van der Waals surface area contributed by atoms with Crippen LogP contribution in [0.15, 0.2) is 17.7 Å². The largest absolute Gasteiger partial charge is 0.392 e. The molecule has 0 aliphatic rings. The van der Waals surface area contributed by atoms with E-state index in [9.17, 15) is 0 Å². The van der Waals surface area contributed by atoms with E-state index in [2.05, 4.69) is 39.0 Å². The van der Waals surface area contributed by atoms with Gasteiger partial charge in [0.15, 0.2) is 0 Å². The molecule has 0 aliphatic carbocycles. The maximum Gasteiger partial charge on any atom is 0.0642 e. The van der Waals surface area contributed by atoms with Crippen LogP contribution in [0.2, 0.25) is 0 Å². The first-order chi connectivity index (χ1) is 6.54. The highest BCUT2D eigenvalue weighted by Crippen LogP contribution is 2.18. The van der Waals surface area contributed by atoms with Gasteiger partial charge in [0.2, 0.25) is 0 Å². The van der Waals surface area contributed by atoms with Crippen LogP contribution in [0.3, 0.4) is 0 Å². The third-order valence-electron chi connectivity index (χ3n) is 2.50. The van der Waals surface area contributed by atoms with E-state index in [1.165, 1.54) is 22.3 Å². The molecular formula is C13H18O. The summed E-state index contributed by atoms with van der Waals surface area (Å²) < 4.78 is 0. The number of aliphatic hydroxyl groups is 1. The third-order valence-corrected chi connectivity index (χ3v) is 2.50. The molecule has 0 aliphatic heterocycles. The first kappa shape index (κ1) is 11.0. The van der Waals surface area contributed by atoms with Crippen LogP contribution in [0.1, 0.15) is 29.2 Å². The maximum atomic E-state index is 8.96. The minimum Gasteiger partial charge on any atom is -0.392 e. The predicted octanol–water partition coefficient (Wildman–Crippen LogP) is 3.01. The van der Waals surface area contributed by atoms with E-state index in [0.717, 1.165) is 5.57 Å². The normalized spacial score (nSPS) is 11.9. The van der Waals surface area contributed by atoms with Crippen molar-refractivity contribution in [1.82, 2.24) is 0 Å². The molecule has 0 bridgehead atoms. The molecule has 0 saturated carbocycles. The zero-order chi connectivity index (χ0) is 10.7. The smallest absolute Gasteiger partial charge is 0.0642 e. The highest BCUT2D eigenvalue weighted by Gasteiger charge is 2.00. The number of aliphatic hydroxyl groups excluding tert-OH is 1. The van der Waals surface area contributed by atoms with Crippen molar-refractivity contribution >= 4 is 6.08 Å². The summed E-state index contributed by atoms with van der Waals surface area (Å²) in [6.07, 6.45) is 2.05. The van der Waals surface area contributed by atoms with Gasteiger partial charge in [-0.3, -0.25) is 0 Å². The molecule has 1 nitrogen and oxygen atoms in total. The zero-order valence-electron chi connectivity index (χ0n) is 9.39. The van der Waals surface area contributed by atoms with Crippen molar-refractivity contribution in [3.05, 3.63) is 40.0 Å². The molecule has 1 aromatic carbocycles. The van der Waals surface area contributed by atoms with Gasteiger partial charge in [0.05, 0.1) is 6.61 Å². The Bertz CT molecular complexity index is 362. The Balaban J connectivity index is 3.21. The summed E-state index contributed by atoms with van der Waals surface area (Å²) in [6, 6.07) is 4.34. The monoisotopic (exact) mass is 190 g/mol. The van der Waals surface area contributed by atoms with Crippen molar-refractivity contribution in [1.29, 1.82) is 0 Å². The molecule has 76 valence electrons. The predicted molar refractivity (Wildman–Crippen MR) is 61.4 cm³/mol. The summed E-state index contributed by atoms with van der Waals surface area (Å²) >= 11 is 0. The Morgan fingerprint density at radius 2 is 1.93 bits per heavy atom. The molecule has 0 heterocycles. The Hall–Kier alpha value is -1.08. The van der Waals surface area contributed by atoms with E-state index in [4.69, 9.17) is 5.11 Å². The van der Waals surface area contributed by atoms with Gasteiger partial charge in [-0.25, -0.2) is 0 Å². The van der Waals surface area contributed by atoms with Crippen LogP contribution < -0.4 is 0 Å². The fourth-order valence-electron chi connectivity index (χ4n) is 1.53. The Morgan fingerprint density at radius 3 is 2.50 bits per heavy atom. The van der Waals surface area contributed by atoms with Crippen molar-refractivity contribution in [3.63, 3.8) is 0 Å². The SMILES string of the molecule is CC(=Cc1cc(C)cc(C)c1C)CO. The van der Waals surface area contributed by atoms with Crippen LogP contribution in [-0.4, -0.2) is 11.7 Å². The van der Waals surface area contributed by atoms with Gasteiger partial charge in [0.25, 0.3) is 0 Å². The molecule has 0 atom stereocenters. The fraction of sp³-hybridized carbons (Fsp3) is 0.385. The maximum absolute atomic E-state index is 8.96. The van der Waals surface area contributed by atoms with Crippen LogP contribution >= 0.6 is 0 Å². The number of aryl methyl sites for hydroxylation is 2. The van der Waals surface area contributed by atoms with Crippen molar-refractivity contribution in [2.24, 2.45) is 0 Å². The van der Waals surface area contributed by atoms with Crippen molar-refractivity contribution in [3.8, 4) is 0 Å². The molecule has 1 heteroatoms. The average molecular weight is 190 g/mol. The molecule has 1 aromatic rings. The van der Waals surface area contributed by atoms with Gasteiger partial charge in [-0.05, 0) is 50.0 Å². The number of benzene rings is 1. The van der Waals surface area contributed by atoms with Gasteiger partial charge in [0.1, 0.15) is 0 Å². The first-order valence-electron chi connectivity index (χ1n) is 4.90. The zero-order valence-corrected chi connectivity index (χ0v) is 9.39. The molecule has 14 heavy (non-hydrogen) atoms. The van der Waals surface area contributed by atoms with Gasteiger partial charge >= 0.3 is 0 Å². The van der Waals surface area contributed by atoms with Crippen LogP contribution in [0.25, 0.3) is 6.08 Å². The first-order valence-corrected chi connectivity index (χ1v) is 4.90. The van der Waals surface area contributed by atoms with E-state index < -0.39 is 0 Å². The topological polar surface area (TPSA) is 20.2 Å². The van der Waals surface area contributed by atoms with E-state index in [1.54, 1.807) is 0 Å². The van der Waals surface area contributed by atoms with Crippen molar-refractivity contribution in [2.45, 2.75) is 27.7 Å². The van der Waals surface area contributed by atoms with Gasteiger partial charge in [-0.1, -0.05) is 23.8 Å². The van der Waals surface area contributed by atoms with Crippen LogP contribution in [0.5, 0.6) is 0 Å². The lowest BCUT2D eigenvalue weighted by atomic mass is 9.99. The number of hydrogen-bond donors (Lipinski definition) is 1. The van der Waals surface area contributed by atoms with E-state index >= 15 is 0 Å². The van der Waals surface area contributed by atoms with Gasteiger partial charge < -0.3 is 5.11 Å². The summed E-state index contributed by atoms with van der Waals surface area (Å²) in [4.78, 5) is 0. The second-order valence-electron chi connectivity index (χ2n) is 3.94. The van der Waals surface area contributed by atoms with E-state index in [0.29, 0.717) is 0 Å². The average Bonchev–Trinajstić information content (AvgIpc) is 2.13. The Kier molecular flexibility index (Phi) is 3.48. The summed E-state index contributed by atoms with van der Waals surface area (Å²) in [5.41, 5.74) is 6.09. The molecule has 0 spiro atoms. The summed E-state index contributed by atoms with van der Waals surface area (Å²) in [7, 11) is 0. The standard InChI is InChI=1S/C13H18O/c1-9-5-11(3)12(4)13(6-9)7-10(2)8-14/h5-7,14H,8H2,1-4H3. The Morgan fingerprint density at radius 1 is 1.29 bits per heavy atom. The molecule has 0 aromatic heterocycles. The van der Waals surface area contributed by atoms with Crippen molar-refractivity contribution < 1.29 is 5.11 Å². The van der Waals surface area contributed by atoms with E-state index in [1.807, 2.05) is 6.92 Å². The second kappa shape index (κ2) is 4.43. The molecule has 0 saturated heterocycles. The van der Waals surface area contributed by atoms with Gasteiger partial charge in [-0.15, -0.1) is 0 Å². The summed E-state index contributed by atoms with van der Waals surface area (Å²) in [6.45, 7) is 8.40. The number of hydrogen-bond acceptors (Lipinski definition) is 1. The van der Waals surface area contributed by atoms with E-state index in [-0.39, 0.29) is 6.61 Å². The van der Waals surface area contributed by atoms with Crippen LogP contribution in [0, 0.1) is 20.8 Å². The molecule has 1 N–H and O–H groups in total. The highest BCUT2D eigenvalue weighted by atomic mass is 16.3. The minimum absolute atomic E-state index is 0.131. The van der Waals surface area contributed by atoms with Gasteiger partial charge in [-0.2, -0.15) is 0 Å². The molecular weight excluding hydrogens is 172 g/mol. The third kappa shape index (κ3) is 2.46. The quantitative estimate of drug-likeness (QED) is 0.760. The van der Waals surface area contributed by atoms with Crippen LogP contribution in [0.4, 0.5) is 0 Å². The molecule has 0 radical (unpaired) electrons. The lowest BCUT2D eigenvalue weighted by Crippen LogP contribution is -1.90.